The van der Waals surface area contributed by atoms with Crippen LogP contribution < -0.4 is 10.2 Å². The summed E-state index contributed by atoms with van der Waals surface area (Å²) in [6.07, 6.45) is 1.64. The number of nitrogens with one attached hydrogen (secondary N) is 1. The van der Waals surface area contributed by atoms with Gasteiger partial charge in [0.05, 0.1) is 19.1 Å². The van der Waals surface area contributed by atoms with Gasteiger partial charge in [0.15, 0.2) is 11.0 Å². The third-order valence-electron chi connectivity index (χ3n) is 4.54. The molecule has 0 aliphatic heterocycles. The number of rotatable bonds is 8. The summed E-state index contributed by atoms with van der Waals surface area (Å²) in [6.45, 7) is 2.02. The average Bonchev–Trinajstić information content (AvgIpc) is 3.44. The van der Waals surface area contributed by atoms with E-state index in [0.717, 1.165) is 21.9 Å². The molecule has 2 heterocycles. The minimum atomic E-state index is -0.235. The van der Waals surface area contributed by atoms with E-state index in [9.17, 15) is 4.79 Å². The molecule has 0 saturated heterocycles. The van der Waals surface area contributed by atoms with Gasteiger partial charge in [0.1, 0.15) is 5.75 Å². The fourth-order valence-electron chi connectivity index (χ4n) is 2.97. The van der Waals surface area contributed by atoms with Crippen LogP contribution in [0.1, 0.15) is 9.75 Å². The van der Waals surface area contributed by atoms with Crippen molar-refractivity contribution in [2.75, 3.05) is 12.9 Å². The second kappa shape index (κ2) is 10.7. The van der Waals surface area contributed by atoms with Crippen LogP contribution >= 0.6 is 34.7 Å². The first-order chi connectivity index (χ1) is 16.0. The van der Waals surface area contributed by atoms with Gasteiger partial charge in [-0.25, -0.2) is 5.43 Å². The number of hydrazone groups is 1. The van der Waals surface area contributed by atoms with Crippen molar-refractivity contribution >= 4 is 46.8 Å². The van der Waals surface area contributed by atoms with Crippen LogP contribution in [0.4, 0.5) is 0 Å². The molecule has 0 aliphatic rings. The molecule has 33 heavy (non-hydrogen) atoms. The zero-order chi connectivity index (χ0) is 23.2. The zero-order valence-electron chi connectivity index (χ0n) is 17.9. The number of aromatic nitrogens is 3. The number of hydrogen-bond acceptors (Lipinski definition) is 7. The first-order valence-corrected chi connectivity index (χ1v) is 12.1. The molecule has 4 rings (SSSR count). The number of halogens is 1. The number of carbonyl (C=O) groups is 1. The van der Waals surface area contributed by atoms with Gasteiger partial charge in [0, 0.05) is 26.0 Å². The molecule has 0 saturated carbocycles. The van der Waals surface area contributed by atoms with Crippen LogP contribution in [0.15, 0.2) is 70.9 Å². The Labute approximate surface area is 204 Å². The van der Waals surface area contributed by atoms with Gasteiger partial charge in [-0.2, -0.15) is 5.10 Å². The van der Waals surface area contributed by atoms with Crippen LogP contribution in [0, 0.1) is 6.92 Å². The van der Waals surface area contributed by atoms with E-state index in [1.165, 1.54) is 16.6 Å². The normalized spacial score (nSPS) is 11.1. The van der Waals surface area contributed by atoms with Gasteiger partial charge in [-0.05, 0) is 67.6 Å². The highest BCUT2D eigenvalue weighted by Crippen LogP contribution is 2.29. The van der Waals surface area contributed by atoms with E-state index in [4.69, 9.17) is 16.3 Å². The lowest BCUT2D eigenvalue weighted by molar-refractivity contribution is -0.118. The Kier molecular flexibility index (Phi) is 7.43. The SMILES string of the molecule is COc1ccc(-c2nnc(SCC(=O)NN=Cc3ccc(C)s3)n2-c2ccc(Cl)cc2)cc1. The van der Waals surface area contributed by atoms with Crippen LogP contribution in [0.2, 0.25) is 5.02 Å². The number of aryl methyl sites for hydroxylation is 1. The standard InChI is InChI=1S/C23H20ClN5O2S2/c1-15-3-12-20(33-15)13-25-26-21(30)14-32-23-28-27-22(16-4-10-19(31-2)11-5-16)29(23)18-8-6-17(24)7-9-18/h3-13H,14H2,1-2H3,(H,26,30). The summed E-state index contributed by atoms with van der Waals surface area (Å²) in [6, 6.07) is 18.9. The van der Waals surface area contributed by atoms with E-state index < -0.39 is 0 Å². The van der Waals surface area contributed by atoms with Crippen LogP contribution in [-0.2, 0) is 4.79 Å². The Balaban J connectivity index is 1.53. The molecule has 0 radical (unpaired) electrons. The number of amides is 1. The second-order valence-corrected chi connectivity index (χ2v) is 9.58. The fraction of sp³-hybridized carbons (Fsp3) is 0.130. The van der Waals surface area contributed by atoms with Crippen molar-refractivity contribution in [2.24, 2.45) is 5.10 Å². The summed E-state index contributed by atoms with van der Waals surface area (Å²) in [4.78, 5) is 14.5. The number of thioether (sulfide) groups is 1. The summed E-state index contributed by atoms with van der Waals surface area (Å²) in [5, 5.41) is 14.0. The van der Waals surface area contributed by atoms with Crippen molar-refractivity contribution in [1.82, 2.24) is 20.2 Å². The molecule has 0 atom stereocenters. The first-order valence-electron chi connectivity index (χ1n) is 9.90. The summed E-state index contributed by atoms with van der Waals surface area (Å²) in [5.74, 6) is 1.30. The monoisotopic (exact) mass is 497 g/mol. The van der Waals surface area contributed by atoms with E-state index >= 15 is 0 Å². The summed E-state index contributed by atoms with van der Waals surface area (Å²) < 4.78 is 7.14. The first kappa shape index (κ1) is 23.0. The number of methoxy groups -OCH3 is 1. The number of benzene rings is 2. The van der Waals surface area contributed by atoms with Crippen molar-refractivity contribution in [3.63, 3.8) is 0 Å². The zero-order valence-corrected chi connectivity index (χ0v) is 20.2. The minimum Gasteiger partial charge on any atom is -0.497 e. The van der Waals surface area contributed by atoms with Crippen LogP contribution in [-0.4, -0.2) is 39.7 Å². The Bertz CT molecular complexity index is 1270. The maximum absolute atomic E-state index is 12.3. The highest BCUT2D eigenvalue weighted by atomic mass is 35.5. The predicted molar refractivity (Wildman–Crippen MR) is 134 cm³/mol. The fourth-order valence-corrected chi connectivity index (χ4v) is 4.59. The maximum Gasteiger partial charge on any atom is 0.250 e. The smallest absolute Gasteiger partial charge is 0.250 e. The molecule has 0 fully saturated rings. The lowest BCUT2D eigenvalue weighted by atomic mass is 10.2. The number of hydrogen-bond donors (Lipinski definition) is 1. The van der Waals surface area contributed by atoms with E-state index in [1.54, 1.807) is 36.8 Å². The Hall–Kier alpha value is -3.14. The molecule has 10 heteroatoms. The van der Waals surface area contributed by atoms with Gasteiger partial charge in [-0.1, -0.05) is 23.4 Å². The summed E-state index contributed by atoms with van der Waals surface area (Å²) in [7, 11) is 1.62. The third kappa shape index (κ3) is 5.81. The Morgan fingerprint density at radius 2 is 1.91 bits per heavy atom. The van der Waals surface area contributed by atoms with Gasteiger partial charge in [0.2, 0.25) is 0 Å². The highest BCUT2D eigenvalue weighted by molar-refractivity contribution is 7.99. The lowest BCUT2D eigenvalue weighted by Gasteiger charge is -2.11. The number of thiophene rings is 1. The predicted octanol–water partition coefficient (Wildman–Crippen LogP) is 5.21. The number of carbonyl (C=O) groups excluding carboxylic acids is 1. The van der Waals surface area contributed by atoms with Gasteiger partial charge in [0.25, 0.3) is 5.91 Å². The van der Waals surface area contributed by atoms with Crippen molar-refractivity contribution in [3.05, 3.63) is 75.4 Å². The van der Waals surface area contributed by atoms with Gasteiger partial charge < -0.3 is 4.74 Å². The summed E-state index contributed by atoms with van der Waals surface area (Å²) >= 11 is 8.96. The van der Waals surface area contributed by atoms with E-state index in [0.29, 0.717) is 16.0 Å². The van der Waals surface area contributed by atoms with Gasteiger partial charge in [-0.3, -0.25) is 9.36 Å². The van der Waals surface area contributed by atoms with E-state index in [1.807, 2.05) is 60.0 Å². The Morgan fingerprint density at radius 1 is 1.15 bits per heavy atom. The molecule has 7 nitrogen and oxygen atoms in total. The van der Waals surface area contributed by atoms with Gasteiger partial charge in [-0.15, -0.1) is 21.5 Å². The topological polar surface area (TPSA) is 81.4 Å². The van der Waals surface area contributed by atoms with E-state index in [-0.39, 0.29) is 11.7 Å². The molecule has 2 aromatic heterocycles. The molecular weight excluding hydrogens is 478 g/mol. The molecule has 1 N–H and O–H groups in total. The van der Waals surface area contributed by atoms with Crippen LogP contribution in [0.3, 0.4) is 0 Å². The molecule has 0 unspecified atom stereocenters. The second-order valence-electron chi connectivity index (χ2n) is 6.88. The maximum atomic E-state index is 12.3. The highest BCUT2D eigenvalue weighted by Gasteiger charge is 2.17. The lowest BCUT2D eigenvalue weighted by Crippen LogP contribution is -2.19. The van der Waals surface area contributed by atoms with Crippen molar-refractivity contribution in [2.45, 2.75) is 12.1 Å². The molecule has 2 aromatic carbocycles. The minimum absolute atomic E-state index is 0.134. The Morgan fingerprint density at radius 3 is 2.58 bits per heavy atom. The van der Waals surface area contributed by atoms with Crippen LogP contribution in [0.5, 0.6) is 5.75 Å². The summed E-state index contributed by atoms with van der Waals surface area (Å²) in [5.41, 5.74) is 4.26. The molecular formula is C23H20ClN5O2S2. The van der Waals surface area contributed by atoms with Crippen molar-refractivity contribution in [1.29, 1.82) is 0 Å². The quantitative estimate of drug-likeness (QED) is 0.205. The average molecular weight is 498 g/mol. The number of ether oxygens (including phenoxy) is 1. The molecule has 0 bridgehead atoms. The van der Waals surface area contributed by atoms with Crippen molar-refractivity contribution < 1.29 is 9.53 Å². The number of nitrogens with zero attached hydrogens (tertiary/aromatic N) is 4. The van der Waals surface area contributed by atoms with E-state index in [2.05, 4.69) is 20.7 Å². The molecule has 0 spiro atoms. The van der Waals surface area contributed by atoms with Crippen molar-refractivity contribution in [3.8, 4) is 22.8 Å². The molecule has 4 aromatic rings. The molecule has 168 valence electrons. The molecule has 1 amide bonds. The molecule has 0 aliphatic carbocycles. The van der Waals surface area contributed by atoms with Crippen LogP contribution in [0.25, 0.3) is 17.1 Å². The van der Waals surface area contributed by atoms with Gasteiger partial charge >= 0.3 is 0 Å². The third-order valence-corrected chi connectivity index (χ3v) is 6.66. The largest absolute Gasteiger partial charge is 0.497 e.